The van der Waals surface area contributed by atoms with Gasteiger partial charge in [0.15, 0.2) is 0 Å². The van der Waals surface area contributed by atoms with Gasteiger partial charge in [-0.25, -0.2) is 4.98 Å². The van der Waals surface area contributed by atoms with Gasteiger partial charge in [-0.1, -0.05) is 60.7 Å². The van der Waals surface area contributed by atoms with Gasteiger partial charge in [0.05, 0.1) is 24.6 Å². The van der Waals surface area contributed by atoms with Crippen LogP contribution in [0.2, 0.25) is 0 Å². The van der Waals surface area contributed by atoms with Gasteiger partial charge in [0, 0.05) is 31.6 Å². The lowest BCUT2D eigenvalue weighted by Gasteiger charge is -2.31. The number of thiazole rings is 1. The SMILES string of the molecule is CCOC(=O)C1CCCN(C(=O)c2csc(CN(Cc3ccc(OCc4ccccc4)cc3)Cc3cccc(C(F)(F)F)c3)n2)C1. The van der Waals surface area contributed by atoms with E-state index in [1.165, 1.54) is 23.5 Å². The van der Waals surface area contributed by atoms with Crippen molar-refractivity contribution < 1.29 is 32.2 Å². The second-order valence-corrected chi connectivity index (χ2v) is 12.2. The van der Waals surface area contributed by atoms with Crippen molar-refractivity contribution in [2.24, 2.45) is 5.92 Å². The van der Waals surface area contributed by atoms with Crippen LogP contribution in [-0.2, 0) is 41.9 Å². The number of halogens is 3. The summed E-state index contributed by atoms with van der Waals surface area (Å²) in [7, 11) is 0. The summed E-state index contributed by atoms with van der Waals surface area (Å²) < 4.78 is 51.4. The maximum absolute atomic E-state index is 13.5. The molecule has 1 unspecified atom stereocenters. The highest BCUT2D eigenvalue weighted by Crippen LogP contribution is 2.30. The first kappa shape index (κ1) is 33.2. The second-order valence-electron chi connectivity index (χ2n) is 11.2. The molecule has 1 fully saturated rings. The number of ether oxygens (including phenoxy) is 2. The third kappa shape index (κ3) is 9.17. The van der Waals surface area contributed by atoms with Crippen LogP contribution in [0.5, 0.6) is 5.75 Å². The number of esters is 1. The van der Waals surface area contributed by atoms with Crippen molar-refractivity contribution in [2.75, 3.05) is 19.7 Å². The Morgan fingerprint density at radius 1 is 0.957 bits per heavy atom. The first-order chi connectivity index (χ1) is 22.2. The Labute approximate surface area is 270 Å². The van der Waals surface area contributed by atoms with E-state index >= 15 is 0 Å². The predicted molar refractivity (Wildman–Crippen MR) is 169 cm³/mol. The minimum atomic E-state index is -4.44. The maximum Gasteiger partial charge on any atom is 0.416 e. The van der Waals surface area contributed by atoms with Gasteiger partial charge in [-0.3, -0.25) is 14.5 Å². The first-order valence-corrected chi connectivity index (χ1v) is 16.1. The van der Waals surface area contributed by atoms with E-state index < -0.39 is 11.7 Å². The van der Waals surface area contributed by atoms with Crippen LogP contribution < -0.4 is 4.74 Å². The quantitative estimate of drug-likeness (QED) is 0.149. The molecule has 11 heteroatoms. The van der Waals surface area contributed by atoms with Crippen molar-refractivity contribution in [1.29, 1.82) is 0 Å². The zero-order chi connectivity index (χ0) is 32.5. The monoisotopic (exact) mass is 651 g/mol. The Kier molecular flexibility index (Phi) is 11.1. The minimum Gasteiger partial charge on any atom is -0.489 e. The summed E-state index contributed by atoms with van der Waals surface area (Å²) >= 11 is 1.33. The first-order valence-electron chi connectivity index (χ1n) is 15.2. The van der Waals surface area contributed by atoms with Crippen LogP contribution in [0, 0.1) is 5.92 Å². The van der Waals surface area contributed by atoms with Gasteiger partial charge in [0.2, 0.25) is 0 Å². The number of carbonyl (C=O) groups is 2. The van der Waals surface area contributed by atoms with Crippen molar-refractivity contribution in [1.82, 2.24) is 14.8 Å². The maximum atomic E-state index is 13.5. The summed E-state index contributed by atoms with van der Waals surface area (Å²) in [6.07, 6.45) is -3.07. The number of piperidine rings is 1. The molecule has 0 radical (unpaired) electrons. The summed E-state index contributed by atoms with van der Waals surface area (Å²) in [6.45, 7) is 4.32. The fraction of sp³-hybridized carbons (Fsp3) is 0.343. The number of hydrogen-bond donors (Lipinski definition) is 0. The number of nitrogens with zero attached hydrogens (tertiary/aromatic N) is 3. The number of benzene rings is 3. The Hall–Kier alpha value is -4.22. The highest BCUT2D eigenvalue weighted by molar-refractivity contribution is 7.09. The fourth-order valence-corrected chi connectivity index (χ4v) is 6.22. The molecule has 46 heavy (non-hydrogen) atoms. The van der Waals surface area contributed by atoms with E-state index in [0.29, 0.717) is 67.7 Å². The molecule has 4 aromatic rings. The largest absolute Gasteiger partial charge is 0.489 e. The molecule has 7 nitrogen and oxygen atoms in total. The molecule has 0 aliphatic carbocycles. The van der Waals surface area contributed by atoms with Gasteiger partial charge in [-0.2, -0.15) is 13.2 Å². The van der Waals surface area contributed by atoms with Gasteiger partial charge in [-0.15, -0.1) is 11.3 Å². The zero-order valence-corrected chi connectivity index (χ0v) is 26.4. The summed E-state index contributed by atoms with van der Waals surface area (Å²) in [5.41, 5.74) is 2.12. The number of amides is 1. The van der Waals surface area contributed by atoms with Crippen LogP contribution in [0.25, 0.3) is 0 Å². The van der Waals surface area contributed by atoms with E-state index in [0.717, 1.165) is 17.2 Å². The van der Waals surface area contributed by atoms with Crippen LogP contribution in [-0.4, -0.2) is 46.4 Å². The van der Waals surface area contributed by atoms with Crippen LogP contribution in [0.15, 0.2) is 84.2 Å². The van der Waals surface area contributed by atoms with E-state index in [1.807, 2.05) is 59.5 Å². The van der Waals surface area contributed by atoms with Crippen LogP contribution >= 0.6 is 11.3 Å². The van der Waals surface area contributed by atoms with Gasteiger partial charge in [-0.05, 0) is 54.7 Å². The van der Waals surface area contributed by atoms with Crippen LogP contribution in [0.3, 0.4) is 0 Å². The highest BCUT2D eigenvalue weighted by Gasteiger charge is 2.32. The normalized spacial score (nSPS) is 15.2. The van der Waals surface area contributed by atoms with Crippen molar-refractivity contribution in [3.8, 4) is 5.75 Å². The fourth-order valence-electron chi connectivity index (χ4n) is 5.41. The van der Waals surface area contributed by atoms with E-state index in [2.05, 4.69) is 4.98 Å². The Morgan fingerprint density at radius 2 is 1.70 bits per heavy atom. The third-order valence-electron chi connectivity index (χ3n) is 7.70. The molecule has 5 rings (SSSR count). The molecule has 0 saturated carbocycles. The average molecular weight is 652 g/mol. The topological polar surface area (TPSA) is 72.0 Å². The molecule has 1 aliphatic rings. The zero-order valence-electron chi connectivity index (χ0n) is 25.5. The van der Waals surface area contributed by atoms with Crippen LogP contribution in [0.1, 0.15) is 57.5 Å². The number of carbonyl (C=O) groups excluding carboxylic acids is 2. The van der Waals surface area contributed by atoms with E-state index in [1.54, 1.807) is 23.3 Å². The number of aromatic nitrogens is 1. The molecule has 0 spiro atoms. The summed E-state index contributed by atoms with van der Waals surface area (Å²) in [5.74, 6) is -0.177. The van der Waals surface area contributed by atoms with Gasteiger partial charge >= 0.3 is 12.1 Å². The lowest BCUT2D eigenvalue weighted by molar-refractivity contribution is -0.149. The molecular weight excluding hydrogens is 615 g/mol. The van der Waals surface area contributed by atoms with Crippen molar-refractivity contribution >= 4 is 23.2 Å². The van der Waals surface area contributed by atoms with Gasteiger partial charge < -0.3 is 14.4 Å². The molecule has 1 atom stereocenters. The smallest absolute Gasteiger partial charge is 0.416 e. The second kappa shape index (κ2) is 15.4. The predicted octanol–water partition coefficient (Wildman–Crippen LogP) is 7.36. The van der Waals surface area contributed by atoms with E-state index in [9.17, 15) is 22.8 Å². The number of rotatable bonds is 12. The summed E-state index contributed by atoms with van der Waals surface area (Å²) in [5, 5.41) is 2.37. The summed E-state index contributed by atoms with van der Waals surface area (Å²) in [4.78, 5) is 33.8. The molecule has 2 heterocycles. The lowest BCUT2D eigenvalue weighted by Crippen LogP contribution is -2.43. The van der Waals surface area contributed by atoms with Crippen LogP contribution in [0.4, 0.5) is 13.2 Å². The highest BCUT2D eigenvalue weighted by atomic mass is 32.1. The molecular formula is C35H36F3N3O4S. The van der Waals surface area contributed by atoms with Crippen molar-refractivity contribution in [2.45, 2.75) is 52.2 Å². The van der Waals surface area contributed by atoms with Gasteiger partial charge in [0.25, 0.3) is 5.91 Å². The molecule has 1 amide bonds. The lowest BCUT2D eigenvalue weighted by atomic mass is 9.98. The van der Waals surface area contributed by atoms with Crippen molar-refractivity contribution in [3.63, 3.8) is 0 Å². The standard InChI is InChI=1S/C35H36F3N3O4S/c1-2-44-34(43)28-11-7-17-41(21-28)33(42)31-24-46-32(39-31)22-40(20-27-10-6-12-29(18-27)35(36,37)38)19-25-13-15-30(16-14-25)45-23-26-8-4-3-5-9-26/h3-6,8-10,12-16,18,24,28H,2,7,11,17,19-23H2,1H3. The molecule has 0 bridgehead atoms. The number of alkyl halides is 3. The van der Waals surface area contributed by atoms with E-state index in [-0.39, 0.29) is 30.9 Å². The average Bonchev–Trinajstić information content (AvgIpc) is 3.53. The molecule has 1 aliphatic heterocycles. The Bertz CT molecular complexity index is 1590. The third-order valence-corrected chi connectivity index (χ3v) is 8.53. The number of likely N-dealkylation sites (tertiary alicyclic amines) is 1. The molecule has 3 aromatic carbocycles. The minimum absolute atomic E-state index is 0.242. The molecule has 1 aromatic heterocycles. The molecule has 0 N–H and O–H groups in total. The Morgan fingerprint density at radius 3 is 2.43 bits per heavy atom. The van der Waals surface area contributed by atoms with Gasteiger partial charge in [0.1, 0.15) is 23.1 Å². The molecule has 1 saturated heterocycles. The molecule has 242 valence electrons. The number of hydrogen-bond acceptors (Lipinski definition) is 7. The van der Waals surface area contributed by atoms with Crippen molar-refractivity contribution in [3.05, 3.63) is 117 Å². The Balaban J connectivity index is 1.28. The van der Waals surface area contributed by atoms with E-state index in [4.69, 9.17) is 9.47 Å². The summed E-state index contributed by atoms with van der Waals surface area (Å²) in [6, 6.07) is 22.8.